The summed E-state index contributed by atoms with van der Waals surface area (Å²) in [4.78, 5) is 1.96. The summed E-state index contributed by atoms with van der Waals surface area (Å²) in [7, 11) is -4.31. The molecule has 1 aliphatic rings. The Morgan fingerprint density at radius 1 is 1.57 bits per heavy atom. The van der Waals surface area contributed by atoms with Gasteiger partial charge in [-0.3, -0.25) is 9.45 Å². The summed E-state index contributed by atoms with van der Waals surface area (Å²) in [5.41, 5.74) is 0. The zero-order valence-corrected chi connectivity index (χ0v) is 9.16. The summed E-state index contributed by atoms with van der Waals surface area (Å²) in [6.07, 6.45) is 3.21. The maximum atomic E-state index is 10.5. The number of hydrogen-bond acceptors (Lipinski definition) is 4. The van der Waals surface area contributed by atoms with Gasteiger partial charge in [-0.1, -0.05) is 13.3 Å². The van der Waals surface area contributed by atoms with Crippen LogP contribution in [0.5, 0.6) is 0 Å². The Hall–Kier alpha value is -0.170. The van der Waals surface area contributed by atoms with E-state index in [1.54, 1.807) is 0 Å². The highest BCUT2D eigenvalue weighted by atomic mass is 32.3. The van der Waals surface area contributed by atoms with Crippen LogP contribution in [0.25, 0.3) is 0 Å². The van der Waals surface area contributed by atoms with Crippen LogP contribution in [0.4, 0.5) is 0 Å². The maximum absolute atomic E-state index is 10.5. The van der Waals surface area contributed by atoms with E-state index in [-0.39, 0.29) is 0 Å². The molecule has 0 aromatic carbocycles. The second kappa shape index (κ2) is 5.06. The largest absolute Gasteiger partial charge is 0.398 e. The van der Waals surface area contributed by atoms with E-state index in [2.05, 4.69) is 11.1 Å². The van der Waals surface area contributed by atoms with Gasteiger partial charge in [-0.2, -0.15) is 8.42 Å². The van der Waals surface area contributed by atoms with Gasteiger partial charge in [0.1, 0.15) is 6.23 Å². The van der Waals surface area contributed by atoms with Crippen LogP contribution in [0.1, 0.15) is 32.6 Å². The van der Waals surface area contributed by atoms with Crippen LogP contribution in [0, 0.1) is 0 Å². The van der Waals surface area contributed by atoms with Gasteiger partial charge >= 0.3 is 10.4 Å². The molecule has 0 spiro atoms. The van der Waals surface area contributed by atoms with Crippen LogP contribution in [-0.2, 0) is 14.6 Å². The van der Waals surface area contributed by atoms with Gasteiger partial charge < -0.3 is 0 Å². The summed E-state index contributed by atoms with van der Waals surface area (Å²) in [5.74, 6) is 0. The van der Waals surface area contributed by atoms with Crippen LogP contribution in [0.3, 0.4) is 0 Å². The third-order valence-corrected chi connectivity index (χ3v) is 2.80. The standard InChI is InChI=1S/C8H17NO4S/c1-2-3-6-9-7-4-5-8(9)13-14(10,11)12/h8H,2-7H2,1H3,(H,10,11,12). The minimum Gasteiger partial charge on any atom is -0.277 e. The first-order valence-electron chi connectivity index (χ1n) is 4.92. The van der Waals surface area contributed by atoms with Crippen molar-refractivity contribution in [3.8, 4) is 0 Å². The number of hydrogen-bond donors (Lipinski definition) is 1. The van der Waals surface area contributed by atoms with Crippen molar-refractivity contribution >= 4 is 10.4 Å². The Kier molecular flexibility index (Phi) is 4.31. The third kappa shape index (κ3) is 3.91. The Morgan fingerprint density at radius 2 is 2.29 bits per heavy atom. The number of nitrogens with zero attached hydrogens (tertiary/aromatic N) is 1. The molecule has 0 saturated carbocycles. The molecule has 0 radical (unpaired) electrons. The van der Waals surface area contributed by atoms with Crippen molar-refractivity contribution in [2.24, 2.45) is 0 Å². The smallest absolute Gasteiger partial charge is 0.277 e. The van der Waals surface area contributed by atoms with E-state index < -0.39 is 16.6 Å². The molecule has 84 valence electrons. The predicted octanol–water partition coefficient (Wildman–Crippen LogP) is 1.03. The van der Waals surface area contributed by atoms with E-state index in [0.29, 0.717) is 6.42 Å². The van der Waals surface area contributed by atoms with Gasteiger partial charge in [-0.15, -0.1) is 0 Å². The van der Waals surface area contributed by atoms with Crippen molar-refractivity contribution < 1.29 is 17.2 Å². The molecule has 0 aromatic heterocycles. The van der Waals surface area contributed by atoms with Crippen molar-refractivity contribution in [2.45, 2.75) is 38.8 Å². The molecule has 5 nitrogen and oxygen atoms in total. The van der Waals surface area contributed by atoms with Crippen LogP contribution in [0.15, 0.2) is 0 Å². The Labute approximate surface area is 85.0 Å². The lowest BCUT2D eigenvalue weighted by Gasteiger charge is -2.22. The summed E-state index contributed by atoms with van der Waals surface area (Å²) < 4.78 is 34.1. The van der Waals surface area contributed by atoms with Crippen LogP contribution >= 0.6 is 0 Å². The van der Waals surface area contributed by atoms with Crippen molar-refractivity contribution in [3.05, 3.63) is 0 Å². The molecule has 0 aromatic rings. The van der Waals surface area contributed by atoms with E-state index in [4.69, 9.17) is 4.55 Å². The number of unbranched alkanes of at least 4 members (excludes halogenated alkanes) is 1. The summed E-state index contributed by atoms with van der Waals surface area (Å²) in [6, 6.07) is 0. The second-order valence-electron chi connectivity index (χ2n) is 3.51. The average Bonchev–Trinajstić information content (AvgIpc) is 2.45. The van der Waals surface area contributed by atoms with Crippen LogP contribution in [0.2, 0.25) is 0 Å². The lowest BCUT2D eigenvalue weighted by molar-refractivity contribution is 0.0548. The first kappa shape index (κ1) is 11.9. The van der Waals surface area contributed by atoms with Crippen molar-refractivity contribution in [2.75, 3.05) is 13.1 Å². The molecule has 1 N–H and O–H groups in total. The van der Waals surface area contributed by atoms with Crippen molar-refractivity contribution in [3.63, 3.8) is 0 Å². The Balaban J connectivity index is 2.43. The van der Waals surface area contributed by atoms with Gasteiger partial charge in [-0.05, 0) is 19.3 Å². The highest BCUT2D eigenvalue weighted by Crippen LogP contribution is 2.19. The zero-order chi connectivity index (χ0) is 10.6. The lowest BCUT2D eigenvalue weighted by Crippen LogP contribution is -2.34. The lowest BCUT2D eigenvalue weighted by atomic mass is 10.3. The minimum atomic E-state index is -4.31. The van der Waals surface area contributed by atoms with Gasteiger partial charge in [-0.25, -0.2) is 4.18 Å². The Bertz CT molecular complexity index is 265. The topological polar surface area (TPSA) is 66.8 Å². The molecule has 0 amide bonds. The predicted molar refractivity (Wildman–Crippen MR) is 52.1 cm³/mol. The fourth-order valence-corrected chi connectivity index (χ4v) is 2.16. The molecule has 1 atom stereocenters. The molecule has 1 saturated heterocycles. The Morgan fingerprint density at radius 3 is 2.86 bits per heavy atom. The molecule has 1 aliphatic heterocycles. The minimum absolute atomic E-state index is 0.462. The normalized spacial score (nSPS) is 24.3. The summed E-state index contributed by atoms with van der Waals surface area (Å²) >= 11 is 0. The average molecular weight is 223 g/mol. The molecule has 6 heteroatoms. The van der Waals surface area contributed by atoms with E-state index >= 15 is 0 Å². The molecule has 14 heavy (non-hydrogen) atoms. The molecule has 0 aliphatic carbocycles. The fraction of sp³-hybridized carbons (Fsp3) is 1.00. The number of rotatable bonds is 5. The first-order chi connectivity index (χ1) is 6.53. The zero-order valence-electron chi connectivity index (χ0n) is 8.35. The van der Waals surface area contributed by atoms with E-state index in [1.807, 2.05) is 4.90 Å². The molecule has 0 bridgehead atoms. The van der Waals surface area contributed by atoms with Crippen LogP contribution < -0.4 is 0 Å². The molecule has 1 fully saturated rings. The molecule has 1 heterocycles. The first-order valence-corrected chi connectivity index (χ1v) is 6.29. The molecule has 1 unspecified atom stereocenters. The van der Waals surface area contributed by atoms with Crippen LogP contribution in [-0.4, -0.2) is 37.2 Å². The van der Waals surface area contributed by atoms with E-state index in [1.165, 1.54) is 0 Å². The summed E-state index contributed by atoms with van der Waals surface area (Å²) in [5, 5.41) is 0. The van der Waals surface area contributed by atoms with Gasteiger partial charge in [0.25, 0.3) is 0 Å². The van der Waals surface area contributed by atoms with Crippen molar-refractivity contribution in [1.82, 2.24) is 4.90 Å². The highest BCUT2D eigenvalue weighted by Gasteiger charge is 2.28. The van der Waals surface area contributed by atoms with Gasteiger partial charge in [0.2, 0.25) is 0 Å². The van der Waals surface area contributed by atoms with Gasteiger partial charge in [0.15, 0.2) is 0 Å². The quantitative estimate of drug-likeness (QED) is 0.705. The highest BCUT2D eigenvalue weighted by molar-refractivity contribution is 7.80. The maximum Gasteiger partial charge on any atom is 0.398 e. The van der Waals surface area contributed by atoms with Crippen molar-refractivity contribution in [1.29, 1.82) is 0 Å². The SMILES string of the molecule is CCCCN1CCCC1OS(=O)(=O)O. The van der Waals surface area contributed by atoms with Gasteiger partial charge in [0, 0.05) is 13.1 Å². The third-order valence-electron chi connectivity index (χ3n) is 2.34. The van der Waals surface area contributed by atoms with E-state index in [0.717, 1.165) is 32.4 Å². The molecular formula is C8H17NO4S. The van der Waals surface area contributed by atoms with E-state index in [9.17, 15) is 8.42 Å². The number of likely N-dealkylation sites (tertiary alicyclic amines) is 1. The molecular weight excluding hydrogens is 206 g/mol. The summed E-state index contributed by atoms with van der Waals surface area (Å²) in [6.45, 7) is 3.76. The molecule has 1 rings (SSSR count). The fourth-order valence-electron chi connectivity index (χ4n) is 1.66. The second-order valence-corrected chi connectivity index (χ2v) is 4.56. The monoisotopic (exact) mass is 223 g/mol. The van der Waals surface area contributed by atoms with Gasteiger partial charge in [0.05, 0.1) is 0 Å².